The number of aryl methyl sites for hydroxylation is 3. The van der Waals surface area contributed by atoms with Gasteiger partial charge in [0, 0.05) is 26.8 Å². The molecule has 0 saturated carbocycles. The van der Waals surface area contributed by atoms with Crippen LogP contribution in [0.2, 0.25) is 0 Å². The van der Waals surface area contributed by atoms with Crippen molar-refractivity contribution in [2.24, 2.45) is 0 Å². The van der Waals surface area contributed by atoms with Crippen LogP contribution in [0.5, 0.6) is 0 Å². The molecule has 0 bridgehead atoms. The zero-order chi connectivity index (χ0) is 20.7. The zero-order valence-corrected chi connectivity index (χ0v) is 18.1. The standard InChI is InChI=1S/C20H32N2O5S/c1-15-13-16(2)19(17(3)14-15)28(24,25)22-9-5-7-18(22)20(23)21-8-6-10-27-12-11-26-4/h13-14,18H,5-12H2,1-4H3,(H,21,23). The molecule has 0 aromatic heterocycles. The predicted octanol–water partition coefficient (Wildman–Crippen LogP) is 1.93. The molecule has 1 unspecified atom stereocenters. The Morgan fingerprint density at radius 1 is 1.18 bits per heavy atom. The minimum Gasteiger partial charge on any atom is -0.382 e. The lowest BCUT2D eigenvalue weighted by Crippen LogP contribution is -2.46. The van der Waals surface area contributed by atoms with Gasteiger partial charge < -0.3 is 14.8 Å². The van der Waals surface area contributed by atoms with Crippen molar-refractivity contribution in [1.82, 2.24) is 9.62 Å². The lowest BCUT2D eigenvalue weighted by Gasteiger charge is -2.25. The van der Waals surface area contributed by atoms with Crippen molar-refractivity contribution in [3.8, 4) is 0 Å². The van der Waals surface area contributed by atoms with Gasteiger partial charge in [-0.1, -0.05) is 17.7 Å². The van der Waals surface area contributed by atoms with Gasteiger partial charge in [0.15, 0.2) is 0 Å². The van der Waals surface area contributed by atoms with Gasteiger partial charge in [0.1, 0.15) is 6.04 Å². The van der Waals surface area contributed by atoms with Crippen molar-refractivity contribution in [2.45, 2.75) is 51.0 Å². The molecule has 1 aromatic carbocycles. The minimum atomic E-state index is -3.72. The number of hydrogen-bond donors (Lipinski definition) is 1. The lowest BCUT2D eigenvalue weighted by molar-refractivity contribution is -0.124. The molecule has 1 heterocycles. The Bertz CT molecular complexity index is 756. The number of carbonyl (C=O) groups excluding carboxylic acids is 1. The largest absolute Gasteiger partial charge is 0.382 e. The Morgan fingerprint density at radius 3 is 2.50 bits per heavy atom. The second-order valence-corrected chi connectivity index (χ2v) is 9.08. The van der Waals surface area contributed by atoms with Gasteiger partial charge in [-0.3, -0.25) is 4.79 Å². The highest BCUT2D eigenvalue weighted by atomic mass is 32.2. The molecular weight excluding hydrogens is 380 g/mol. The molecule has 1 atom stereocenters. The van der Waals surface area contributed by atoms with Gasteiger partial charge in [-0.05, 0) is 51.2 Å². The summed E-state index contributed by atoms with van der Waals surface area (Å²) in [7, 11) is -2.11. The first-order chi connectivity index (χ1) is 13.3. The first-order valence-electron chi connectivity index (χ1n) is 9.73. The number of methoxy groups -OCH3 is 1. The van der Waals surface area contributed by atoms with Gasteiger partial charge in [0.05, 0.1) is 18.1 Å². The van der Waals surface area contributed by atoms with Crippen LogP contribution in [0.15, 0.2) is 17.0 Å². The highest BCUT2D eigenvalue weighted by Gasteiger charge is 2.40. The van der Waals surface area contributed by atoms with Gasteiger partial charge in [-0.2, -0.15) is 4.31 Å². The number of sulfonamides is 1. The second kappa shape index (κ2) is 10.3. The van der Waals surface area contributed by atoms with E-state index in [9.17, 15) is 13.2 Å². The fourth-order valence-electron chi connectivity index (χ4n) is 3.73. The molecule has 28 heavy (non-hydrogen) atoms. The Balaban J connectivity index is 2.01. The van der Waals surface area contributed by atoms with Crippen LogP contribution in [0.4, 0.5) is 0 Å². The van der Waals surface area contributed by atoms with E-state index in [-0.39, 0.29) is 5.91 Å². The number of benzene rings is 1. The number of carbonyl (C=O) groups is 1. The number of nitrogens with zero attached hydrogens (tertiary/aromatic N) is 1. The van der Waals surface area contributed by atoms with Gasteiger partial charge in [0.2, 0.25) is 15.9 Å². The maximum absolute atomic E-state index is 13.3. The monoisotopic (exact) mass is 412 g/mol. The number of rotatable bonds is 10. The van der Waals surface area contributed by atoms with Crippen molar-refractivity contribution in [2.75, 3.05) is 40.0 Å². The van der Waals surface area contributed by atoms with Gasteiger partial charge >= 0.3 is 0 Å². The van der Waals surface area contributed by atoms with E-state index < -0.39 is 16.1 Å². The van der Waals surface area contributed by atoms with E-state index >= 15 is 0 Å². The summed E-state index contributed by atoms with van der Waals surface area (Å²) in [5, 5.41) is 2.85. The third kappa shape index (κ3) is 5.53. The molecule has 1 fully saturated rings. The maximum Gasteiger partial charge on any atom is 0.244 e. The number of nitrogens with one attached hydrogen (secondary N) is 1. The summed E-state index contributed by atoms with van der Waals surface area (Å²) >= 11 is 0. The highest BCUT2D eigenvalue weighted by molar-refractivity contribution is 7.89. The lowest BCUT2D eigenvalue weighted by atomic mass is 10.1. The van der Waals surface area contributed by atoms with Crippen LogP contribution in [-0.4, -0.2) is 64.7 Å². The fraction of sp³-hybridized carbons (Fsp3) is 0.650. The molecule has 1 aliphatic heterocycles. The van der Waals surface area contributed by atoms with Crippen LogP contribution in [0.3, 0.4) is 0 Å². The smallest absolute Gasteiger partial charge is 0.244 e. The van der Waals surface area contributed by atoms with Crippen molar-refractivity contribution in [1.29, 1.82) is 0 Å². The first-order valence-corrected chi connectivity index (χ1v) is 11.2. The molecule has 1 N–H and O–H groups in total. The predicted molar refractivity (Wildman–Crippen MR) is 108 cm³/mol. The Morgan fingerprint density at radius 2 is 1.86 bits per heavy atom. The van der Waals surface area contributed by atoms with E-state index in [4.69, 9.17) is 9.47 Å². The molecule has 0 aliphatic carbocycles. The first kappa shape index (κ1) is 22.8. The van der Waals surface area contributed by atoms with Gasteiger partial charge in [-0.25, -0.2) is 8.42 Å². The quantitative estimate of drug-likeness (QED) is 0.594. The van der Waals surface area contributed by atoms with E-state index in [2.05, 4.69) is 5.32 Å². The van der Waals surface area contributed by atoms with Crippen LogP contribution in [0.1, 0.15) is 36.0 Å². The van der Waals surface area contributed by atoms with Crippen LogP contribution in [0.25, 0.3) is 0 Å². The summed E-state index contributed by atoms with van der Waals surface area (Å²) in [4.78, 5) is 12.9. The van der Waals surface area contributed by atoms with Crippen LogP contribution < -0.4 is 5.32 Å². The van der Waals surface area contributed by atoms with Crippen molar-refractivity contribution < 1.29 is 22.7 Å². The topological polar surface area (TPSA) is 84.9 Å². The molecular formula is C20H32N2O5S. The summed E-state index contributed by atoms with van der Waals surface area (Å²) in [6.07, 6.45) is 1.89. The van der Waals surface area contributed by atoms with Crippen LogP contribution >= 0.6 is 0 Å². The molecule has 7 nitrogen and oxygen atoms in total. The van der Waals surface area contributed by atoms with Gasteiger partial charge in [-0.15, -0.1) is 0 Å². The minimum absolute atomic E-state index is 0.236. The molecule has 2 rings (SSSR count). The summed E-state index contributed by atoms with van der Waals surface area (Å²) in [5.74, 6) is -0.236. The van der Waals surface area contributed by atoms with E-state index in [1.54, 1.807) is 7.11 Å². The Hall–Kier alpha value is -1.48. The highest BCUT2D eigenvalue weighted by Crippen LogP contribution is 2.30. The second-order valence-electron chi connectivity index (χ2n) is 7.25. The SMILES string of the molecule is COCCOCCCNC(=O)C1CCCN1S(=O)(=O)c1c(C)cc(C)cc1C. The summed E-state index contributed by atoms with van der Waals surface area (Å²) in [6, 6.07) is 3.09. The molecule has 1 aliphatic rings. The van der Waals surface area contributed by atoms with Crippen molar-refractivity contribution >= 4 is 15.9 Å². The van der Waals surface area contributed by atoms with E-state index in [1.807, 2.05) is 32.9 Å². The van der Waals surface area contributed by atoms with Crippen molar-refractivity contribution in [3.05, 3.63) is 28.8 Å². The van der Waals surface area contributed by atoms with Crippen LogP contribution in [-0.2, 0) is 24.3 Å². The summed E-state index contributed by atoms with van der Waals surface area (Å²) in [6.45, 7) is 7.97. The molecule has 1 aromatic rings. The average Bonchev–Trinajstić information content (AvgIpc) is 3.10. The molecule has 0 radical (unpaired) electrons. The van der Waals surface area contributed by atoms with E-state index in [0.29, 0.717) is 57.1 Å². The zero-order valence-electron chi connectivity index (χ0n) is 17.3. The molecule has 1 amide bonds. The number of ether oxygens (including phenoxy) is 2. The number of hydrogen-bond acceptors (Lipinski definition) is 5. The number of amides is 1. The molecule has 158 valence electrons. The average molecular weight is 413 g/mol. The van der Waals surface area contributed by atoms with E-state index in [0.717, 1.165) is 16.7 Å². The third-order valence-electron chi connectivity index (χ3n) is 4.87. The maximum atomic E-state index is 13.3. The molecule has 1 saturated heterocycles. The van der Waals surface area contributed by atoms with Crippen LogP contribution in [0, 0.1) is 20.8 Å². The third-order valence-corrected chi connectivity index (χ3v) is 7.09. The Kier molecular flexibility index (Phi) is 8.42. The Labute approximate surface area is 168 Å². The normalized spacial score (nSPS) is 17.8. The fourth-order valence-corrected chi connectivity index (χ4v) is 5.80. The molecule has 0 spiro atoms. The molecule has 8 heteroatoms. The van der Waals surface area contributed by atoms with Gasteiger partial charge in [0.25, 0.3) is 0 Å². The van der Waals surface area contributed by atoms with Crippen molar-refractivity contribution in [3.63, 3.8) is 0 Å². The summed E-state index contributed by atoms with van der Waals surface area (Å²) < 4.78 is 38.2. The summed E-state index contributed by atoms with van der Waals surface area (Å²) in [5.41, 5.74) is 2.46. The van der Waals surface area contributed by atoms with E-state index in [1.165, 1.54) is 4.31 Å².